The van der Waals surface area contributed by atoms with E-state index in [0.717, 1.165) is 17.3 Å². The van der Waals surface area contributed by atoms with E-state index in [1.54, 1.807) is 0 Å². The van der Waals surface area contributed by atoms with Gasteiger partial charge in [-0.15, -0.1) is 0 Å². The lowest BCUT2D eigenvalue weighted by Gasteiger charge is -2.14. The van der Waals surface area contributed by atoms with Crippen LogP contribution in [0.25, 0.3) is 0 Å². The molecule has 0 amide bonds. The van der Waals surface area contributed by atoms with E-state index < -0.39 is 0 Å². The lowest BCUT2D eigenvalue weighted by molar-refractivity contribution is 0.607. The molecule has 0 fully saturated rings. The predicted octanol–water partition coefficient (Wildman–Crippen LogP) is 4.90. The summed E-state index contributed by atoms with van der Waals surface area (Å²) in [7, 11) is 0. The first-order valence-corrected chi connectivity index (χ1v) is 7.27. The van der Waals surface area contributed by atoms with E-state index in [-0.39, 0.29) is 0 Å². The third-order valence-electron chi connectivity index (χ3n) is 3.10. The Morgan fingerprint density at radius 3 is 2.26 bits per heavy atom. The second-order valence-electron chi connectivity index (χ2n) is 5.26. The molecule has 0 aliphatic heterocycles. The molecule has 4 heteroatoms. The molecule has 0 saturated heterocycles. The molecule has 0 radical (unpaired) electrons. The maximum Gasteiger partial charge on any atom is 0.207 e. The summed E-state index contributed by atoms with van der Waals surface area (Å²) in [6.45, 7) is 10.5. The van der Waals surface area contributed by atoms with Gasteiger partial charge >= 0.3 is 0 Å². The smallest absolute Gasteiger partial charge is 0.207 e. The number of imidazole rings is 1. The molecule has 19 heavy (non-hydrogen) atoms. The molecule has 1 heterocycles. The first-order chi connectivity index (χ1) is 8.88. The van der Waals surface area contributed by atoms with Crippen molar-refractivity contribution in [2.45, 2.75) is 40.7 Å². The second-order valence-corrected chi connectivity index (χ2v) is 6.05. The van der Waals surface area contributed by atoms with E-state index in [1.807, 2.05) is 6.92 Å². The summed E-state index contributed by atoms with van der Waals surface area (Å²) >= 11 is 3.59. The highest BCUT2D eigenvalue weighted by Gasteiger charge is 2.10. The van der Waals surface area contributed by atoms with Gasteiger partial charge in [-0.05, 0) is 57.9 Å². The molecule has 102 valence electrons. The van der Waals surface area contributed by atoms with Crippen molar-refractivity contribution in [3.8, 4) is 0 Å². The molecule has 0 atom stereocenters. The van der Waals surface area contributed by atoms with Crippen molar-refractivity contribution in [3.63, 3.8) is 0 Å². The molecule has 0 saturated carbocycles. The van der Waals surface area contributed by atoms with E-state index in [0.29, 0.717) is 6.04 Å². The largest absolute Gasteiger partial charge is 0.326 e. The zero-order chi connectivity index (χ0) is 14.2. The van der Waals surface area contributed by atoms with E-state index in [4.69, 9.17) is 0 Å². The van der Waals surface area contributed by atoms with Gasteiger partial charge in [-0.3, -0.25) is 0 Å². The van der Waals surface area contributed by atoms with Gasteiger partial charge in [0.05, 0.1) is 5.69 Å². The molecular formula is C15H20BrN3. The lowest BCUT2D eigenvalue weighted by Crippen LogP contribution is -2.05. The zero-order valence-corrected chi connectivity index (χ0v) is 13.7. The van der Waals surface area contributed by atoms with Crippen LogP contribution < -0.4 is 5.32 Å². The number of benzene rings is 1. The van der Waals surface area contributed by atoms with Crippen LogP contribution in [0, 0.1) is 20.8 Å². The number of rotatable bonds is 3. The number of nitrogens with zero attached hydrogens (tertiary/aromatic N) is 2. The van der Waals surface area contributed by atoms with Crippen LogP contribution in [0.4, 0.5) is 11.6 Å². The van der Waals surface area contributed by atoms with Crippen LogP contribution in [-0.4, -0.2) is 9.55 Å². The maximum absolute atomic E-state index is 4.55. The Hall–Kier alpha value is -1.29. The standard InChI is InChI=1S/C15H20BrN3/c1-9(2)19-8-12(5)17-15(19)18-13-6-10(3)14(16)11(4)7-13/h6-9H,1-5H3,(H,17,18). The van der Waals surface area contributed by atoms with Crippen molar-refractivity contribution >= 4 is 27.6 Å². The molecular weight excluding hydrogens is 302 g/mol. The second kappa shape index (κ2) is 5.37. The predicted molar refractivity (Wildman–Crippen MR) is 84.2 cm³/mol. The van der Waals surface area contributed by atoms with Crippen LogP contribution in [0.1, 0.15) is 36.7 Å². The highest BCUT2D eigenvalue weighted by Crippen LogP contribution is 2.27. The Morgan fingerprint density at radius 1 is 1.16 bits per heavy atom. The van der Waals surface area contributed by atoms with Crippen molar-refractivity contribution in [2.24, 2.45) is 0 Å². The maximum atomic E-state index is 4.55. The third-order valence-corrected chi connectivity index (χ3v) is 4.35. The highest BCUT2D eigenvalue weighted by molar-refractivity contribution is 9.10. The molecule has 1 aromatic heterocycles. The fraction of sp³-hybridized carbons (Fsp3) is 0.400. The minimum Gasteiger partial charge on any atom is -0.326 e. The Labute approximate surface area is 123 Å². The quantitative estimate of drug-likeness (QED) is 0.871. The number of hydrogen-bond donors (Lipinski definition) is 1. The first kappa shape index (κ1) is 14.1. The summed E-state index contributed by atoms with van der Waals surface area (Å²) in [6.07, 6.45) is 2.07. The molecule has 1 aromatic carbocycles. The Morgan fingerprint density at radius 2 is 1.74 bits per heavy atom. The third kappa shape index (κ3) is 3.00. The van der Waals surface area contributed by atoms with E-state index in [2.05, 4.69) is 76.8 Å². The van der Waals surface area contributed by atoms with E-state index in [9.17, 15) is 0 Å². The van der Waals surface area contributed by atoms with Crippen molar-refractivity contribution in [3.05, 3.63) is 39.6 Å². The number of anilines is 2. The summed E-state index contributed by atoms with van der Waals surface area (Å²) in [5, 5.41) is 3.41. The number of aromatic nitrogens is 2. The molecule has 3 nitrogen and oxygen atoms in total. The van der Waals surface area contributed by atoms with Gasteiger partial charge in [-0.25, -0.2) is 4.98 Å². The topological polar surface area (TPSA) is 29.9 Å². The lowest BCUT2D eigenvalue weighted by atomic mass is 10.1. The minimum atomic E-state index is 0.390. The van der Waals surface area contributed by atoms with Crippen LogP contribution in [-0.2, 0) is 0 Å². The van der Waals surface area contributed by atoms with Crippen LogP contribution in [0.2, 0.25) is 0 Å². The summed E-state index contributed by atoms with van der Waals surface area (Å²) in [4.78, 5) is 4.55. The summed E-state index contributed by atoms with van der Waals surface area (Å²) in [5.74, 6) is 0.897. The summed E-state index contributed by atoms with van der Waals surface area (Å²) in [5.41, 5.74) is 4.55. The molecule has 0 spiro atoms. The van der Waals surface area contributed by atoms with Crippen molar-refractivity contribution in [1.29, 1.82) is 0 Å². The normalized spacial score (nSPS) is 11.1. The fourth-order valence-electron chi connectivity index (χ4n) is 2.15. The number of nitrogens with one attached hydrogen (secondary N) is 1. The average molecular weight is 322 g/mol. The van der Waals surface area contributed by atoms with Gasteiger partial charge < -0.3 is 9.88 Å². The zero-order valence-electron chi connectivity index (χ0n) is 12.1. The van der Waals surface area contributed by atoms with Crippen molar-refractivity contribution < 1.29 is 0 Å². The molecule has 0 unspecified atom stereocenters. The molecule has 0 aliphatic carbocycles. The number of aryl methyl sites for hydroxylation is 3. The fourth-order valence-corrected chi connectivity index (χ4v) is 2.38. The van der Waals surface area contributed by atoms with Crippen LogP contribution >= 0.6 is 15.9 Å². The van der Waals surface area contributed by atoms with Gasteiger partial charge in [0.2, 0.25) is 5.95 Å². The van der Waals surface area contributed by atoms with E-state index >= 15 is 0 Å². The summed E-state index contributed by atoms with van der Waals surface area (Å²) < 4.78 is 3.32. The van der Waals surface area contributed by atoms with Gasteiger partial charge in [0.1, 0.15) is 0 Å². The van der Waals surface area contributed by atoms with Gasteiger partial charge in [0, 0.05) is 22.4 Å². The van der Waals surface area contributed by atoms with Crippen LogP contribution in [0.15, 0.2) is 22.8 Å². The Bertz CT molecular complexity index is 576. The number of hydrogen-bond acceptors (Lipinski definition) is 2. The molecule has 0 aliphatic rings. The Balaban J connectivity index is 2.36. The van der Waals surface area contributed by atoms with Gasteiger partial charge in [-0.2, -0.15) is 0 Å². The van der Waals surface area contributed by atoms with Gasteiger partial charge in [-0.1, -0.05) is 15.9 Å². The van der Waals surface area contributed by atoms with Crippen molar-refractivity contribution in [1.82, 2.24) is 9.55 Å². The van der Waals surface area contributed by atoms with Crippen molar-refractivity contribution in [2.75, 3.05) is 5.32 Å². The molecule has 1 N–H and O–H groups in total. The monoisotopic (exact) mass is 321 g/mol. The van der Waals surface area contributed by atoms with Crippen LogP contribution in [0.3, 0.4) is 0 Å². The average Bonchev–Trinajstić information content (AvgIpc) is 2.67. The van der Waals surface area contributed by atoms with Crippen LogP contribution in [0.5, 0.6) is 0 Å². The van der Waals surface area contributed by atoms with Gasteiger partial charge in [0.15, 0.2) is 0 Å². The summed E-state index contributed by atoms with van der Waals surface area (Å²) in [6, 6.07) is 4.65. The highest BCUT2D eigenvalue weighted by atomic mass is 79.9. The molecule has 2 aromatic rings. The minimum absolute atomic E-state index is 0.390. The molecule has 2 rings (SSSR count). The SMILES string of the molecule is Cc1cn(C(C)C)c(Nc2cc(C)c(Br)c(C)c2)n1. The number of halogens is 1. The molecule has 0 bridgehead atoms. The van der Waals surface area contributed by atoms with E-state index in [1.165, 1.54) is 15.6 Å². The van der Waals surface area contributed by atoms with Gasteiger partial charge in [0.25, 0.3) is 0 Å². The first-order valence-electron chi connectivity index (χ1n) is 6.47. The Kier molecular flexibility index (Phi) is 3.99.